The number of rotatable bonds is 6. The van der Waals surface area contributed by atoms with Gasteiger partial charge >= 0.3 is 0 Å². The van der Waals surface area contributed by atoms with Crippen molar-refractivity contribution in [2.45, 2.75) is 0 Å². The van der Waals surface area contributed by atoms with Crippen molar-refractivity contribution in [1.29, 1.82) is 0 Å². The number of hydrogen-bond acceptors (Lipinski definition) is 1. The van der Waals surface area contributed by atoms with E-state index in [1.54, 1.807) is 0 Å². The first-order valence-corrected chi connectivity index (χ1v) is 19.6. The predicted molar refractivity (Wildman–Crippen MR) is 241 cm³/mol. The van der Waals surface area contributed by atoms with Crippen molar-refractivity contribution >= 4 is 43.3 Å². The summed E-state index contributed by atoms with van der Waals surface area (Å²) in [5.41, 5.74) is 13.8. The Hall–Kier alpha value is -7.48. The maximum atomic E-state index is 6.74. The lowest BCUT2D eigenvalue weighted by Crippen LogP contribution is -1.91. The third-order valence-corrected chi connectivity index (χ3v) is 11.5. The number of fused-ring (bicyclic) bond motifs is 4. The molecule has 0 N–H and O–H groups in total. The summed E-state index contributed by atoms with van der Waals surface area (Å²) in [6.07, 6.45) is 0. The molecule has 1 nitrogen and oxygen atoms in total. The van der Waals surface area contributed by atoms with Gasteiger partial charge < -0.3 is 4.42 Å². The summed E-state index contributed by atoms with van der Waals surface area (Å²) in [5, 5.41) is 8.58. The summed E-state index contributed by atoms with van der Waals surface area (Å²) in [5.74, 6) is 0.892. The van der Waals surface area contributed by atoms with E-state index in [0.29, 0.717) is 0 Å². The van der Waals surface area contributed by atoms with Crippen LogP contribution in [0.4, 0.5) is 0 Å². The smallest absolute Gasteiger partial charge is 0.143 e. The Balaban J connectivity index is 1.07. The highest BCUT2D eigenvalue weighted by Gasteiger charge is 2.20. The van der Waals surface area contributed by atoms with Crippen LogP contribution in [0.2, 0.25) is 0 Å². The van der Waals surface area contributed by atoms with E-state index in [-0.39, 0.29) is 0 Å². The molecule has 0 aliphatic carbocycles. The molecule has 0 bridgehead atoms. The maximum Gasteiger partial charge on any atom is 0.143 e. The molecule has 0 amide bonds. The summed E-state index contributed by atoms with van der Waals surface area (Å²) in [6, 6.07) is 78.8. The highest BCUT2D eigenvalue weighted by molar-refractivity contribution is 6.21. The minimum atomic E-state index is 0.876. The van der Waals surface area contributed by atoms with Crippen LogP contribution in [-0.4, -0.2) is 0 Å². The third-order valence-electron chi connectivity index (χ3n) is 11.5. The number of furan rings is 1. The zero-order valence-electron chi connectivity index (χ0n) is 31.2. The van der Waals surface area contributed by atoms with Crippen molar-refractivity contribution in [3.05, 3.63) is 218 Å². The van der Waals surface area contributed by atoms with Gasteiger partial charge in [0.2, 0.25) is 0 Å². The van der Waals surface area contributed by atoms with Gasteiger partial charge in [-0.15, -0.1) is 0 Å². The Morgan fingerprint density at radius 3 is 1.35 bits per heavy atom. The van der Waals surface area contributed by atoms with E-state index in [2.05, 4.69) is 212 Å². The maximum absolute atomic E-state index is 6.74. The summed E-state index contributed by atoms with van der Waals surface area (Å²) in [7, 11) is 0. The Morgan fingerprint density at radius 2 is 0.702 bits per heavy atom. The number of benzene rings is 10. The van der Waals surface area contributed by atoms with Crippen LogP contribution in [0.25, 0.3) is 110 Å². The molecule has 0 spiro atoms. The fraction of sp³-hybridized carbons (Fsp3) is 0. The second-order valence-corrected chi connectivity index (χ2v) is 14.8. The van der Waals surface area contributed by atoms with Crippen LogP contribution >= 0.6 is 0 Å². The normalized spacial score (nSPS) is 11.5. The molecular formula is C56H36O. The van der Waals surface area contributed by atoms with E-state index in [1.165, 1.54) is 65.7 Å². The summed E-state index contributed by atoms with van der Waals surface area (Å²) in [4.78, 5) is 0. The predicted octanol–water partition coefficient (Wildman–Crippen LogP) is 15.9. The van der Waals surface area contributed by atoms with Gasteiger partial charge in [0, 0.05) is 16.5 Å². The van der Waals surface area contributed by atoms with Gasteiger partial charge in [-0.1, -0.05) is 194 Å². The van der Waals surface area contributed by atoms with Crippen molar-refractivity contribution < 1.29 is 4.42 Å². The molecule has 0 saturated carbocycles. The largest absolute Gasteiger partial charge is 0.455 e. The lowest BCUT2D eigenvalue weighted by molar-refractivity contribution is 0.632. The molecular weight excluding hydrogens is 689 g/mol. The van der Waals surface area contributed by atoms with Crippen LogP contribution in [0, 0.1) is 0 Å². The fourth-order valence-electron chi connectivity index (χ4n) is 8.88. The summed E-state index contributed by atoms with van der Waals surface area (Å²) in [6.45, 7) is 0. The highest BCUT2D eigenvalue weighted by atomic mass is 16.3. The van der Waals surface area contributed by atoms with Crippen molar-refractivity contribution in [3.8, 4) is 67.0 Å². The van der Waals surface area contributed by atoms with E-state index >= 15 is 0 Å². The minimum absolute atomic E-state index is 0.876. The first-order chi connectivity index (χ1) is 28.3. The molecule has 1 aromatic heterocycles. The highest BCUT2D eigenvalue weighted by Crippen LogP contribution is 2.46. The van der Waals surface area contributed by atoms with Crippen molar-refractivity contribution in [3.63, 3.8) is 0 Å². The molecule has 0 atom stereocenters. The van der Waals surface area contributed by atoms with E-state index in [4.69, 9.17) is 4.42 Å². The van der Waals surface area contributed by atoms with Crippen LogP contribution in [-0.2, 0) is 0 Å². The van der Waals surface area contributed by atoms with Gasteiger partial charge in [-0.2, -0.15) is 0 Å². The minimum Gasteiger partial charge on any atom is -0.455 e. The van der Waals surface area contributed by atoms with Gasteiger partial charge in [-0.25, -0.2) is 0 Å². The van der Waals surface area contributed by atoms with E-state index < -0.39 is 0 Å². The van der Waals surface area contributed by atoms with Gasteiger partial charge in [-0.05, 0) is 107 Å². The topological polar surface area (TPSA) is 13.1 Å². The molecule has 0 unspecified atom stereocenters. The molecule has 1 heteroatoms. The quantitative estimate of drug-likeness (QED) is 0.156. The van der Waals surface area contributed by atoms with Crippen LogP contribution in [0.3, 0.4) is 0 Å². The first-order valence-electron chi connectivity index (χ1n) is 19.6. The molecule has 0 radical (unpaired) electrons. The molecule has 0 aliphatic rings. The molecule has 0 aliphatic heterocycles. The Bertz CT molecular complexity index is 3220. The average Bonchev–Trinajstić information content (AvgIpc) is 3.68. The molecule has 0 saturated heterocycles. The average molecular weight is 725 g/mol. The zero-order chi connectivity index (χ0) is 37.7. The Kier molecular flexibility index (Phi) is 7.89. The van der Waals surface area contributed by atoms with Crippen LogP contribution in [0.1, 0.15) is 0 Å². The summed E-state index contributed by atoms with van der Waals surface area (Å²) < 4.78 is 6.74. The van der Waals surface area contributed by atoms with E-state index in [9.17, 15) is 0 Å². The van der Waals surface area contributed by atoms with Crippen molar-refractivity contribution in [2.75, 3.05) is 0 Å². The third kappa shape index (κ3) is 5.63. The van der Waals surface area contributed by atoms with Crippen LogP contribution in [0.15, 0.2) is 223 Å². The van der Waals surface area contributed by atoms with Gasteiger partial charge in [0.05, 0.1) is 0 Å². The van der Waals surface area contributed by atoms with Crippen molar-refractivity contribution in [2.24, 2.45) is 0 Å². The molecule has 11 rings (SSSR count). The molecule has 11 aromatic rings. The second kappa shape index (κ2) is 13.7. The van der Waals surface area contributed by atoms with Gasteiger partial charge in [0.25, 0.3) is 0 Å². The SMILES string of the molecule is c1ccc(-c2oc3cc(-c4cccc(-c5c6ccccc6c(-c6cccc(-c7cccc8ccccc78)c6)c6ccccc56)c4)ccc3c2-c2ccccc2)cc1. The second-order valence-electron chi connectivity index (χ2n) is 14.8. The molecule has 266 valence electrons. The monoisotopic (exact) mass is 724 g/mol. The molecule has 1 heterocycles. The lowest BCUT2D eigenvalue weighted by atomic mass is 9.85. The summed E-state index contributed by atoms with van der Waals surface area (Å²) >= 11 is 0. The van der Waals surface area contributed by atoms with Gasteiger partial charge in [0.1, 0.15) is 11.3 Å². The fourth-order valence-corrected chi connectivity index (χ4v) is 8.88. The number of hydrogen-bond donors (Lipinski definition) is 0. The van der Waals surface area contributed by atoms with Gasteiger partial charge in [0.15, 0.2) is 0 Å². The standard InChI is InChI=1S/C56H36O/c1-3-17-38(18-4-1)55-51-33-32-41(36-52(51)57-56(55)39-19-5-2-6-20-39)40-22-13-24-43(34-40)53-47-27-9-11-29-49(47)54(50-30-12-10-28-48(50)53)44-25-14-23-42(35-44)46-31-15-21-37-16-7-8-26-45(37)46/h1-36H. The van der Waals surface area contributed by atoms with E-state index in [0.717, 1.165) is 44.5 Å². The molecule has 57 heavy (non-hydrogen) atoms. The van der Waals surface area contributed by atoms with Gasteiger partial charge in [-0.3, -0.25) is 0 Å². The van der Waals surface area contributed by atoms with Crippen LogP contribution < -0.4 is 0 Å². The molecule has 0 fully saturated rings. The Labute approximate surface area is 331 Å². The lowest BCUT2D eigenvalue weighted by Gasteiger charge is -2.19. The van der Waals surface area contributed by atoms with Crippen LogP contribution in [0.5, 0.6) is 0 Å². The van der Waals surface area contributed by atoms with Crippen molar-refractivity contribution in [1.82, 2.24) is 0 Å². The zero-order valence-corrected chi connectivity index (χ0v) is 31.2. The molecule has 10 aromatic carbocycles. The Morgan fingerprint density at radius 1 is 0.246 bits per heavy atom. The first kappa shape index (κ1) is 32.9. The van der Waals surface area contributed by atoms with E-state index in [1.807, 2.05) is 6.07 Å².